The molecule has 1 saturated heterocycles. The Balaban J connectivity index is 1.90. The van der Waals surface area contributed by atoms with Gasteiger partial charge in [0.05, 0.1) is 17.7 Å². The summed E-state index contributed by atoms with van der Waals surface area (Å²) in [6, 6.07) is 5.20. The summed E-state index contributed by atoms with van der Waals surface area (Å²) in [5, 5.41) is 28.0. The lowest BCUT2D eigenvalue weighted by atomic mass is 10.2. The van der Waals surface area contributed by atoms with Gasteiger partial charge in [-0.1, -0.05) is 11.6 Å². The molecular weight excluding hydrogens is 268 g/mol. The van der Waals surface area contributed by atoms with Crippen LogP contribution < -0.4 is 4.90 Å². The highest BCUT2D eigenvalue weighted by molar-refractivity contribution is 6.32. The summed E-state index contributed by atoms with van der Waals surface area (Å²) in [5.74, 6) is 0.0927. The normalized spacial score (nSPS) is 18.6. The Bertz CT molecular complexity index is 422. The number of hydrogen-bond acceptors (Lipinski definition) is 5. The fourth-order valence-electron chi connectivity index (χ4n) is 2.24. The molecule has 6 heteroatoms. The van der Waals surface area contributed by atoms with Crippen LogP contribution in [0.3, 0.4) is 0 Å². The molecule has 5 nitrogen and oxygen atoms in total. The predicted molar refractivity (Wildman–Crippen MR) is 74.9 cm³/mol. The summed E-state index contributed by atoms with van der Waals surface area (Å²) in [6.45, 7) is 3.62. The summed E-state index contributed by atoms with van der Waals surface area (Å²) in [4.78, 5) is 4.31. The molecule has 0 spiro atoms. The van der Waals surface area contributed by atoms with Crippen molar-refractivity contribution in [3.63, 3.8) is 0 Å². The van der Waals surface area contributed by atoms with Gasteiger partial charge in [0, 0.05) is 38.4 Å². The van der Waals surface area contributed by atoms with Crippen molar-refractivity contribution in [1.29, 1.82) is 0 Å². The fraction of sp³-hybridized carbons (Fsp3) is 0.538. The highest BCUT2D eigenvalue weighted by atomic mass is 35.5. The molecule has 1 unspecified atom stereocenters. The molecule has 1 aliphatic rings. The van der Waals surface area contributed by atoms with E-state index in [1.807, 2.05) is 6.07 Å². The van der Waals surface area contributed by atoms with Crippen LogP contribution in [0.1, 0.15) is 0 Å². The molecule has 1 aromatic rings. The topological polar surface area (TPSA) is 67.2 Å². The van der Waals surface area contributed by atoms with Crippen LogP contribution in [0.4, 0.5) is 5.69 Å². The van der Waals surface area contributed by atoms with Crippen molar-refractivity contribution in [3.05, 3.63) is 23.2 Å². The van der Waals surface area contributed by atoms with Crippen LogP contribution in [0.25, 0.3) is 0 Å². The third-order valence-electron chi connectivity index (χ3n) is 3.35. The molecule has 0 aromatic heterocycles. The maximum atomic E-state index is 9.41. The molecule has 3 N–H and O–H groups in total. The third-order valence-corrected chi connectivity index (χ3v) is 3.65. The first-order valence-electron chi connectivity index (χ1n) is 6.35. The van der Waals surface area contributed by atoms with Crippen molar-refractivity contribution in [2.75, 3.05) is 44.2 Å². The van der Waals surface area contributed by atoms with Crippen molar-refractivity contribution in [2.24, 2.45) is 0 Å². The van der Waals surface area contributed by atoms with Crippen molar-refractivity contribution >= 4 is 17.3 Å². The lowest BCUT2D eigenvalue weighted by Crippen LogP contribution is -2.49. The molecule has 1 atom stereocenters. The fourth-order valence-corrected chi connectivity index (χ4v) is 2.41. The summed E-state index contributed by atoms with van der Waals surface area (Å²) in [6.07, 6.45) is -0.672. The van der Waals surface area contributed by atoms with Gasteiger partial charge >= 0.3 is 0 Å². The minimum absolute atomic E-state index is 0.0927. The van der Waals surface area contributed by atoms with Crippen LogP contribution in [0.2, 0.25) is 5.02 Å². The summed E-state index contributed by atoms with van der Waals surface area (Å²) in [5.41, 5.74) is 0.991. The smallest absolute Gasteiger partial charge is 0.134 e. The van der Waals surface area contributed by atoms with Gasteiger partial charge in [-0.15, -0.1) is 0 Å². The standard InChI is InChI=1S/C13H19ClN2O3/c14-12-7-10(1-2-13(12)19)16-5-3-15(4-6-16)8-11(18)9-17/h1-2,7,11,17-19H,3-6,8-9H2. The summed E-state index contributed by atoms with van der Waals surface area (Å²) in [7, 11) is 0. The maximum Gasteiger partial charge on any atom is 0.134 e. The highest BCUT2D eigenvalue weighted by Crippen LogP contribution is 2.28. The van der Waals surface area contributed by atoms with E-state index in [4.69, 9.17) is 16.7 Å². The highest BCUT2D eigenvalue weighted by Gasteiger charge is 2.19. The molecule has 19 heavy (non-hydrogen) atoms. The van der Waals surface area contributed by atoms with Gasteiger partial charge < -0.3 is 20.2 Å². The lowest BCUT2D eigenvalue weighted by Gasteiger charge is -2.36. The van der Waals surface area contributed by atoms with Crippen LogP contribution in [-0.2, 0) is 0 Å². The van der Waals surface area contributed by atoms with E-state index >= 15 is 0 Å². The van der Waals surface area contributed by atoms with Crippen LogP contribution in [0, 0.1) is 0 Å². The largest absolute Gasteiger partial charge is 0.506 e. The van der Waals surface area contributed by atoms with Crippen LogP contribution in [0.5, 0.6) is 5.75 Å². The number of phenols is 1. The van der Waals surface area contributed by atoms with E-state index in [0.29, 0.717) is 11.6 Å². The minimum Gasteiger partial charge on any atom is -0.506 e. The minimum atomic E-state index is -0.672. The van der Waals surface area contributed by atoms with Gasteiger partial charge in [-0.3, -0.25) is 4.90 Å². The van der Waals surface area contributed by atoms with Gasteiger partial charge in [-0.05, 0) is 18.2 Å². The average Bonchev–Trinajstić information content (AvgIpc) is 2.42. The molecule has 0 aliphatic carbocycles. The van der Waals surface area contributed by atoms with E-state index in [1.54, 1.807) is 12.1 Å². The number of aromatic hydroxyl groups is 1. The number of anilines is 1. The lowest BCUT2D eigenvalue weighted by molar-refractivity contribution is 0.0575. The zero-order valence-corrected chi connectivity index (χ0v) is 11.4. The number of aliphatic hydroxyl groups excluding tert-OH is 2. The zero-order chi connectivity index (χ0) is 13.8. The van der Waals surface area contributed by atoms with Crippen LogP contribution >= 0.6 is 11.6 Å². The summed E-state index contributed by atoms with van der Waals surface area (Å²) >= 11 is 5.90. The van der Waals surface area contributed by atoms with Crippen molar-refractivity contribution in [2.45, 2.75) is 6.10 Å². The molecule has 1 aliphatic heterocycles. The van der Waals surface area contributed by atoms with Gasteiger partial charge in [-0.2, -0.15) is 0 Å². The van der Waals surface area contributed by atoms with Crippen molar-refractivity contribution in [1.82, 2.24) is 4.90 Å². The van der Waals surface area contributed by atoms with Crippen molar-refractivity contribution in [3.8, 4) is 5.75 Å². The van der Waals surface area contributed by atoms with E-state index in [9.17, 15) is 10.2 Å². The van der Waals surface area contributed by atoms with E-state index in [2.05, 4.69) is 9.80 Å². The predicted octanol–water partition coefficient (Wildman–Crippen LogP) is 0.521. The SMILES string of the molecule is OCC(O)CN1CCN(c2ccc(O)c(Cl)c2)CC1. The number of halogens is 1. The second-order valence-electron chi connectivity index (χ2n) is 4.76. The van der Waals surface area contributed by atoms with Gasteiger partial charge in [0.2, 0.25) is 0 Å². The molecular formula is C13H19ClN2O3. The first kappa shape index (κ1) is 14.4. The van der Waals surface area contributed by atoms with E-state index < -0.39 is 6.10 Å². The average molecular weight is 287 g/mol. The van der Waals surface area contributed by atoms with E-state index in [1.165, 1.54) is 0 Å². The Morgan fingerprint density at radius 2 is 1.89 bits per heavy atom. The number of rotatable bonds is 4. The molecule has 0 bridgehead atoms. The Hall–Kier alpha value is -1.01. The van der Waals surface area contributed by atoms with Gasteiger partial charge in [0.1, 0.15) is 5.75 Å². The quantitative estimate of drug-likeness (QED) is 0.753. The maximum absolute atomic E-state index is 9.41. The van der Waals surface area contributed by atoms with E-state index in [0.717, 1.165) is 31.9 Å². The zero-order valence-electron chi connectivity index (χ0n) is 10.7. The number of piperazine rings is 1. The molecule has 0 saturated carbocycles. The van der Waals surface area contributed by atoms with Gasteiger partial charge in [0.15, 0.2) is 0 Å². The summed E-state index contributed by atoms with van der Waals surface area (Å²) < 4.78 is 0. The third kappa shape index (κ3) is 3.73. The molecule has 0 amide bonds. The Morgan fingerprint density at radius 1 is 1.21 bits per heavy atom. The second kappa shape index (κ2) is 6.43. The van der Waals surface area contributed by atoms with Crippen LogP contribution in [-0.4, -0.2) is 65.7 Å². The number of benzene rings is 1. The number of phenolic OH excluding ortho intramolecular Hbond substituents is 1. The first-order valence-corrected chi connectivity index (χ1v) is 6.72. The number of nitrogens with zero attached hydrogens (tertiary/aromatic N) is 2. The Kier molecular flexibility index (Phi) is 4.87. The Labute approximate surface area is 117 Å². The second-order valence-corrected chi connectivity index (χ2v) is 5.17. The van der Waals surface area contributed by atoms with Gasteiger partial charge in [-0.25, -0.2) is 0 Å². The van der Waals surface area contributed by atoms with Crippen LogP contribution in [0.15, 0.2) is 18.2 Å². The number of hydrogen-bond donors (Lipinski definition) is 3. The molecule has 1 aromatic carbocycles. The molecule has 1 heterocycles. The number of aliphatic hydroxyl groups is 2. The molecule has 0 radical (unpaired) electrons. The van der Waals surface area contributed by atoms with Crippen molar-refractivity contribution < 1.29 is 15.3 Å². The Morgan fingerprint density at radius 3 is 2.47 bits per heavy atom. The molecule has 106 valence electrons. The number of β-amino-alcohol motifs (C(OH)–C–C–N with tert-alkyl or cyclic N) is 1. The monoisotopic (exact) mass is 286 g/mol. The molecule has 2 rings (SSSR count). The van der Waals surface area contributed by atoms with E-state index in [-0.39, 0.29) is 12.4 Å². The molecule has 1 fully saturated rings. The van der Waals surface area contributed by atoms with Gasteiger partial charge in [0.25, 0.3) is 0 Å². The first-order chi connectivity index (χ1) is 9.10.